The molecule has 5 nitrogen and oxygen atoms in total. The van der Waals surface area contributed by atoms with Crippen LogP contribution in [0.5, 0.6) is 0 Å². The standard InChI is InChI=1S/C12H11ClN4O/c1-7-3-2-4-15-11(7)17-12(18)8-5-10(13)16-6-9(8)14/h2-6H,14H2,1H3,(H,15,17,18). The number of aryl methyl sites for hydroxylation is 1. The molecular formula is C12H11ClN4O. The van der Waals surface area contributed by atoms with Crippen LogP contribution in [0, 0.1) is 6.92 Å². The number of amides is 1. The molecule has 2 heterocycles. The summed E-state index contributed by atoms with van der Waals surface area (Å²) in [6, 6.07) is 5.07. The molecule has 0 fully saturated rings. The normalized spacial score (nSPS) is 10.1. The lowest BCUT2D eigenvalue weighted by atomic mass is 10.2. The van der Waals surface area contributed by atoms with Crippen LogP contribution in [0.3, 0.4) is 0 Å². The number of carbonyl (C=O) groups excluding carboxylic acids is 1. The van der Waals surface area contributed by atoms with Crippen molar-refractivity contribution in [2.75, 3.05) is 11.1 Å². The van der Waals surface area contributed by atoms with Gasteiger partial charge in [-0.2, -0.15) is 0 Å². The van der Waals surface area contributed by atoms with Crippen molar-refractivity contribution in [1.29, 1.82) is 0 Å². The fourth-order valence-electron chi connectivity index (χ4n) is 1.43. The second-order valence-electron chi connectivity index (χ2n) is 3.72. The average molecular weight is 263 g/mol. The maximum atomic E-state index is 12.0. The molecule has 6 heteroatoms. The predicted octanol–water partition coefficient (Wildman–Crippen LogP) is 2.27. The number of anilines is 2. The first-order chi connectivity index (χ1) is 8.58. The summed E-state index contributed by atoms with van der Waals surface area (Å²) in [5.74, 6) is 0.133. The zero-order valence-electron chi connectivity index (χ0n) is 9.64. The molecule has 0 saturated heterocycles. The van der Waals surface area contributed by atoms with Crippen LogP contribution in [0.25, 0.3) is 0 Å². The maximum Gasteiger partial charge on any atom is 0.259 e. The third-order valence-electron chi connectivity index (χ3n) is 2.39. The van der Waals surface area contributed by atoms with Gasteiger partial charge in [-0.05, 0) is 24.6 Å². The first kappa shape index (κ1) is 12.3. The highest BCUT2D eigenvalue weighted by Gasteiger charge is 2.12. The topological polar surface area (TPSA) is 80.9 Å². The molecular weight excluding hydrogens is 252 g/mol. The summed E-state index contributed by atoms with van der Waals surface area (Å²) in [5, 5.41) is 2.89. The summed E-state index contributed by atoms with van der Waals surface area (Å²) in [5.41, 5.74) is 7.09. The second-order valence-corrected chi connectivity index (χ2v) is 4.10. The van der Waals surface area contributed by atoms with Gasteiger partial charge >= 0.3 is 0 Å². The van der Waals surface area contributed by atoms with E-state index in [2.05, 4.69) is 15.3 Å². The first-order valence-corrected chi connectivity index (χ1v) is 5.59. The Bertz CT molecular complexity index is 600. The van der Waals surface area contributed by atoms with Crippen molar-refractivity contribution >= 4 is 29.0 Å². The van der Waals surface area contributed by atoms with Crippen molar-refractivity contribution in [2.45, 2.75) is 6.92 Å². The molecule has 0 aliphatic heterocycles. The monoisotopic (exact) mass is 262 g/mol. The lowest BCUT2D eigenvalue weighted by Crippen LogP contribution is -2.16. The summed E-state index contributed by atoms with van der Waals surface area (Å²) in [7, 11) is 0. The number of hydrogen-bond donors (Lipinski definition) is 2. The smallest absolute Gasteiger partial charge is 0.259 e. The van der Waals surface area contributed by atoms with Crippen molar-refractivity contribution in [3.8, 4) is 0 Å². The van der Waals surface area contributed by atoms with E-state index in [-0.39, 0.29) is 22.3 Å². The van der Waals surface area contributed by atoms with Crippen LogP contribution in [0.2, 0.25) is 5.15 Å². The van der Waals surface area contributed by atoms with Crippen LogP contribution >= 0.6 is 11.6 Å². The molecule has 0 saturated carbocycles. The Morgan fingerprint density at radius 3 is 2.94 bits per heavy atom. The predicted molar refractivity (Wildman–Crippen MR) is 70.6 cm³/mol. The third kappa shape index (κ3) is 2.57. The fraction of sp³-hybridized carbons (Fsp3) is 0.0833. The molecule has 0 unspecified atom stereocenters. The van der Waals surface area contributed by atoms with Gasteiger partial charge in [0.25, 0.3) is 5.91 Å². The number of pyridine rings is 2. The Balaban J connectivity index is 2.28. The van der Waals surface area contributed by atoms with Gasteiger partial charge in [-0.1, -0.05) is 17.7 Å². The van der Waals surface area contributed by atoms with E-state index >= 15 is 0 Å². The Morgan fingerprint density at radius 1 is 1.44 bits per heavy atom. The molecule has 0 atom stereocenters. The van der Waals surface area contributed by atoms with Crippen molar-refractivity contribution in [3.05, 3.63) is 46.9 Å². The van der Waals surface area contributed by atoms with Gasteiger partial charge < -0.3 is 11.1 Å². The molecule has 3 N–H and O–H groups in total. The molecule has 0 aliphatic carbocycles. The lowest BCUT2D eigenvalue weighted by molar-refractivity contribution is 0.102. The molecule has 0 spiro atoms. The van der Waals surface area contributed by atoms with Crippen molar-refractivity contribution in [2.24, 2.45) is 0 Å². The van der Waals surface area contributed by atoms with Gasteiger partial charge in [0, 0.05) is 6.20 Å². The van der Waals surface area contributed by atoms with Crippen molar-refractivity contribution < 1.29 is 4.79 Å². The summed E-state index contributed by atoms with van der Waals surface area (Å²) in [6.45, 7) is 1.85. The van der Waals surface area contributed by atoms with E-state index in [0.717, 1.165) is 5.56 Å². The molecule has 0 bridgehead atoms. The zero-order valence-corrected chi connectivity index (χ0v) is 10.4. The minimum absolute atomic E-state index is 0.215. The van der Waals surface area contributed by atoms with Gasteiger partial charge in [-0.3, -0.25) is 4.79 Å². The Labute approximate surface area is 109 Å². The van der Waals surface area contributed by atoms with Gasteiger partial charge in [0.05, 0.1) is 17.4 Å². The van der Waals surface area contributed by atoms with Gasteiger partial charge in [-0.15, -0.1) is 0 Å². The summed E-state index contributed by atoms with van der Waals surface area (Å²) in [6.07, 6.45) is 2.95. The van der Waals surface area contributed by atoms with Crippen LogP contribution < -0.4 is 11.1 Å². The lowest BCUT2D eigenvalue weighted by Gasteiger charge is -2.08. The number of nitrogen functional groups attached to an aromatic ring is 1. The highest BCUT2D eigenvalue weighted by Crippen LogP contribution is 2.17. The summed E-state index contributed by atoms with van der Waals surface area (Å²) >= 11 is 5.73. The van der Waals surface area contributed by atoms with Crippen molar-refractivity contribution in [3.63, 3.8) is 0 Å². The van der Waals surface area contributed by atoms with E-state index < -0.39 is 0 Å². The Hall–Kier alpha value is -2.14. The average Bonchev–Trinajstić information content (AvgIpc) is 2.35. The summed E-state index contributed by atoms with van der Waals surface area (Å²) in [4.78, 5) is 19.9. The molecule has 2 rings (SSSR count). The minimum atomic E-state index is -0.362. The number of halogens is 1. The van der Waals surface area contributed by atoms with Gasteiger partial charge in [-0.25, -0.2) is 9.97 Å². The quantitative estimate of drug-likeness (QED) is 0.814. The largest absolute Gasteiger partial charge is 0.397 e. The van der Waals surface area contributed by atoms with E-state index in [1.54, 1.807) is 12.3 Å². The van der Waals surface area contributed by atoms with Crippen LogP contribution in [-0.4, -0.2) is 15.9 Å². The number of nitrogens with one attached hydrogen (secondary N) is 1. The van der Waals surface area contributed by atoms with Gasteiger partial charge in [0.1, 0.15) is 11.0 Å². The van der Waals surface area contributed by atoms with E-state index in [4.69, 9.17) is 17.3 Å². The van der Waals surface area contributed by atoms with Crippen LogP contribution in [-0.2, 0) is 0 Å². The van der Waals surface area contributed by atoms with Crippen molar-refractivity contribution in [1.82, 2.24) is 9.97 Å². The summed E-state index contributed by atoms with van der Waals surface area (Å²) < 4.78 is 0. The van der Waals surface area contributed by atoms with E-state index in [9.17, 15) is 4.79 Å². The zero-order chi connectivity index (χ0) is 13.1. The molecule has 0 aliphatic rings. The number of carbonyl (C=O) groups is 1. The fourth-order valence-corrected chi connectivity index (χ4v) is 1.59. The van der Waals surface area contributed by atoms with E-state index in [1.807, 2.05) is 13.0 Å². The van der Waals surface area contributed by atoms with Gasteiger partial charge in [0.15, 0.2) is 0 Å². The molecule has 2 aromatic rings. The molecule has 18 heavy (non-hydrogen) atoms. The second kappa shape index (κ2) is 5.01. The van der Waals surface area contributed by atoms with Gasteiger partial charge in [0.2, 0.25) is 0 Å². The van der Waals surface area contributed by atoms with E-state index in [0.29, 0.717) is 5.82 Å². The number of nitrogens with zero attached hydrogens (tertiary/aromatic N) is 2. The molecule has 1 amide bonds. The highest BCUT2D eigenvalue weighted by atomic mass is 35.5. The van der Waals surface area contributed by atoms with Crippen LogP contribution in [0.15, 0.2) is 30.6 Å². The van der Waals surface area contributed by atoms with Crippen LogP contribution in [0.1, 0.15) is 15.9 Å². The molecule has 0 radical (unpaired) electrons. The Kier molecular flexibility index (Phi) is 3.43. The molecule has 92 valence electrons. The van der Waals surface area contributed by atoms with Crippen LogP contribution in [0.4, 0.5) is 11.5 Å². The maximum absolute atomic E-state index is 12.0. The molecule has 2 aromatic heterocycles. The number of nitrogens with two attached hydrogens (primary N) is 1. The third-order valence-corrected chi connectivity index (χ3v) is 2.59. The molecule has 0 aromatic carbocycles. The SMILES string of the molecule is Cc1cccnc1NC(=O)c1cc(Cl)ncc1N. The Morgan fingerprint density at radius 2 is 2.22 bits per heavy atom. The number of aromatic nitrogens is 2. The highest BCUT2D eigenvalue weighted by molar-refractivity contribution is 6.30. The minimum Gasteiger partial charge on any atom is -0.397 e. The number of hydrogen-bond acceptors (Lipinski definition) is 4. The van der Waals surface area contributed by atoms with E-state index in [1.165, 1.54) is 12.3 Å². The number of rotatable bonds is 2. The first-order valence-electron chi connectivity index (χ1n) is 5.22.